The number of piperidine rings is 1. The van der Waals surface area contributed by atoms with Crippen molar-refractivity contribution >= 4 is 52.7 Å². The number of aliphatic carboxylic acids is 1. The Bertz CT molecular complexity index is 1720. The number of rotatable bonds is 8. The largest absolute Gasteiger partial charge is 0.496 e. The number of carboxylic acid groups (broad SMARTS) is 1. The van der Waals surface area contributed by atoms with E-state index in [1.54, 1.807) is 42.5 Å². The van der Waals surface area contributed by atoms with Gasteiger partial charge in [0.25, 0.3) is 0 Å². The second kappa shape index (κ2) is 13.7. The van der Waals surface area contributed by atoms with Crippen LogP contribution in [0, 0.1) is 17.7 Å². The van der Waals surface area contributed by atoms with Gasteiger partial charge in [-0.2, -0.15) is 0 Å². The lowest BCUT2D eigenvalue weighted by molar-refractivity contribution is -0.144. The number of hydrogen-bond donors (Lipinski definition) is 2. The first-order chi connectivity index (χ1) is 21.9. The van der Waals surface area contributed by atoms with Crippen LogP contribution in [-0.4, -0.2) is 84.5 Å². The minimum Gasteiger partial charge on any atom is -0.496 e. The first-order valence-electron chi connectivity index (χ1n) is 14.6. The van der Waals surface area contributed by atoms with E-state index in [0.29, 0.717) is 59.5 Å². The molecule has 0 bridgehead atoms. The number of likely N-dealkylation sites (tertiary alicyclic amines) is 1. The van der Waals surface area contributed by atoms with Crippen LogP contribution in [-0.2, 0) is 20.9 Å². The van der Waals surface area contributed by atoms with Gasteiger partial charge in [-0.3, -0.25) is 24.2 Å². The van der Waals surface area contributed by atoms with Gasteiger partial charge in [-0.15, -0.1) is 0 Å². The van der Waals surface area contributed by atoms with E-state index >= 15 is 4.39 Å². The number of halogens is 3. The summed E-state index contributed by atoms with van der Waals surface area (Å²) >= 11 is 13.7. The summed E-state index contributed by atoms with van der Waals surface area (Å²) in [7, 11) is 4.28. The second-order valence-electron chi connectivity index (χ2n) is 11.5. The maximum absolute atomic E-state index is 15.7. The van der Waals surface area contributed by atoms with Crippen molar-refractivity contribution in [1.82, 2.24) is 14.7 Å². The molecule has 0 aromatic heterocycles. The van der Waals surface area contributed by atoms with Gasteiger partial charge in [0.1, 0.15) is 17.5 Å². The zero-order chi connectivity index (χ0) is 33.3. The van der Waals surface area contributed by atoms with Crippen LogP contribution in [0.4, 0.5) is 14.9 Å². The number of ether oxygens (including phenoxy) is 1. The molecule has 0 aliphatic carbocycles. The Kier molecular flexibility index (Phi) is 9.85. The number of carboxylic acids is 1. The standard InChI is InChI=1S/C33H33Cl2FN4O6/c1-38-16-24(31(42)39(2)33(38)45)30(41)37-26-11-5-10-22(29(26)35)21-9-4-8-20(28(21)34)19-13-25(36)23(27(14-19)46-3)17-40-12-6-7-18(15-40)32(43)44/h4-5,8-11,13-14,18,24H,6-7,12,15-17H2,1-3H3,(H,37,41)(H,43,44)/t18-,24?/m1/s1. The average molecular weight is 672 g/mol. The van der Waals surface area contributed by atoms with E-state index in [0.717, 1.165) is 4.90 Å². The van der Waals surface area contributed by atoms with Gasteiger partial charge in [0, 0.05) is 56.0 Å². The van der Waals surface area contributed by atoms with Crippen molar-refractivity contribution in [1.29, 1.82) is 0 Å². The van der Waals surface area contributed by atoms with E-state index in [2.05, 4.69) is 5.32 Å². The molecule has 2 atom stereocenters. The molecule has 3 aromatic carbocycles. The predicted octanol–water partition coefficient (Wildman–Crippen LogP) is 5.85. The molecule has 5 rings (SSSR count). The van der Waals surface area contributed by atoms with Gasteiger partial charge >= 0.3 is 12.0 Å². The van der Waals surface area contributed by atoms with Crippen LogP contribution in [0.5, 0.6) is 5.75 Å². The molecule has 2 heterocycles. The number of urea groups is 1. The van der Waals surface area contributed by atoms with Crippen molar-refractivity contribution < 1.29 is 33.4 Å². The number of benzene rings is 3. The number of amides is 4. The van der Waals surface area contributed by atoms with Gasteiger partial charge in [0.05, 0.1) is 28.8 Å². The molecule has 1 unspecified atom stereocenters. The Labute approximate surface area is 275 Å². The van der Waals surface area contributed by atoms with Crippen molar-refractivity contribution in [2.75, 3.05) is 46.2 Å². The van der Waals surface area contributed by atoms with Crippen molar-refractivity contribution in [2.24, 2.45) is 11.8 Å². The molecule has 0 saturated carbocycles. The minimum absolute atomic E-state index is 0.0707. The first-order valence-corrected chi connectivity index (χ1v) is 15.4. The van der Waals surface area contributed by atoms with Crippen molar-refractivity contribution in [2.45, 2.75) is 19.4 Å². The number of carbonyl (C=O) groups excluding carboxylic acids is 3. The van der Waals surface area contributed by atoms with Crippen LogP contribution in [0.25, 0.3) is 22.3 Å². The van der Waals surface area contributed by atoms with Crippen molar-refractivity contribution in [3.05, 3.63) is 70.0 Å². The number of nitrogens with zero attached hydrogens (tertiary/aromatic N) is 3. The molecule has 13 heteroatoms. The zero-order valence-electron chi connectivity index (χ0n) is 25.5. The van der Waals surface area contributed by atoms with Crippen LogP contribution < -0.4 is 10.1 Å². The molecule has 242 valence electrons. The Morgan fingerprint density at radius 1 is 1.02 bits per heavy atom. The maximum atomic E-state index is 15.7. The van der Waals surface area contributed by atoms with Gasteiger partial charge in [-0.25, -0.2) is 9.18 Å². The average Bonchev–Trinajstić information content (AvgIpc) is 3.04. The third kappa shape index (κ3) is 6.53. The topological polar surface area (TPSA) is 119 Å². The first kappa shape index (κ1) is 33.2. The summed E-state index contributed by atoms with van der Waals surface area (Å²) in [5.74, 6) is -3.88. The fourth-order valence-electron chi connectivity index (χ4n) is 5.96. The summed E-state index contributed by atoms with van der Waals surface area (Å²) < 4.78 is 21.2. The van der Waals surface area contributed by atoms with Gasteiger partial charge in [0.2, 0.25) is 11.8 Å². The van der Waals surface area contributed by atoms with E-state index in [9.17, 15) is 24.3 Å². The van der Waals surface area contributed by atoms with E-state index in [1.807, 2.05) is 4.90 Å². The lowest BCUT2D eigenvalue weighted by Crippen LogP contribution is -2.56. The van der Waals surface area contributed by atoms with E-state index in [1.165, 1.54) is 32.2 Å². The van der Waals surface area contributed by atoms with Crippen LogP contribution in [0.1, 0.15) is 18.4 Å². The Balaban J connectivity index is 1.42. The fourth-order valence-corrected chi connectivity index (χ4v) is 6.57. The Morgan fingerprint density at radius 2 is 1.70 bits per heavy atom. The Hall–Kier alpha value is -4.19. The monoisotopic (exact) mass is 670 g/mol. The normalized spacial score (nSPS) is 18.9. The number of hydrogen-bond acceptors (Lipinski definition) is 6. The molecule has 3 aromatic rings. The highest BCUT2D eigenvalue weighted by Crippen LogP contribution is 2.43. The molecular weight excluding hydrogens is 638 g/mol. The number of nitrogens with one attached hydrogen (secondary N) is 1. The molecule has 2 aliphatic rings. The molecule has 2 fully saturated rings. The fraction of sp³-hybridized carbons (Fsp3) is 0.333. The molecule has 2 saturated heterocycles. The van der Waals surface area contributed by atoms with Crippen LogP contribution >= 0.6 is 23.2 Å². The number of imide groups is 1. The zero-order valence-corrected chi connectivity index (χ0v) is 27.0. The summed E-state index contributed by atoms with van der Waals surface area (Å²) in [6.45, 7) is 1.13. The van der Waals surface area contributed by atoms with Crippen LogP contribution in [0.3, 0.4) is 0 Å². The lowest BCUT2D eigenvalue weighted by Gasteiger charge is -2.33. The third-order valence-electron chi connectivity index (χ3n) is 8.48. The number of anilines is 1. The molecule has 0 radical (unpaired) electrons. The molecular formula is C33H33Cl2FN4O6. The molecule has 4 amide bonds. The highest BCUT2D eigenvalue weighted by molar-refractivity contribution is 6.39. The van der Waals surface area contributed by atoms with Crippen molar-refractivity contribution in [3.8, 4) is 28.0 Å². The summed E-state index contributed by atoms with van der Waals surface area (Å²) in [5.41, 5.74) is 2.57. The number of methoxy groups -OCH3 is 1. The summed E-state index contributed by atoms with van der Waals surface area (Å²) in [6.07, 6.45) is 1.30. The molecule has 46 heavy (non-hydrogen) atoms. The summed E-state index contributed by atoms with van der Waals surface area (Å²) in [5, 5.41) is 12.6. The third-order valence-corrected chi connectivity index (χ3v) is 9.30. The molecule has 0 spiro atoms. The SMILES string of the molecule is COc1cc(-c2cccc(-c3cccc(NC(=O)C4CN(C)C(=O)N(C)C4=O)c3Cl)c2Cl)cc(F)c1CN1CCC[C@@H](C(=O)O)C1. The summed E-state index contributed by atoms with van der Waals surface area (Å²) in [4.78, 5) is 53.5. The van der Waals surface area contributed by atoms with Crippen LogP contribution in [0.15, 0.2) is 48.5 Å². The summed E-state index contributed by atoms with van der Waals surface area (Å²) in [6, 6.07) is 12.8. The smallest absolute Gasteiger partial charge is 0.326 e. The minimum atomic E-state index is -1.11. The van der Waals surface area contributed by atoms with Gasteiger partial charge < -0.3 is 20.1 Å². The number of carbonyl (C=O) groups is 4. The van der Waals surface area contributed by atoms with Gasteiger partial charge in [-0.05, 0) is 43.1 Å². The van der Waals surface area contributed by atoms with E-state index < -0.39 is 41.5 Å². The van der Waals surface area contributed by atoms with Gasteiger partial charge in [0.15, 0.2) is 0 Å². The van der Waals surface area contributed by atoms with Gasteiger partial charge in [-0.1, -0.05) is 53.5 Å². The molecule has 2 N–H and O–H groups in total. The molecule has 2 aliphatic heterocycles. The molecule has 10 nitrogen and oxygen atoms in total. The van der Waals surface area contributed by atoms with Crippen LogP contribution in [0.2, 0.25) is 10.0 Å². The second-order valence-corrected chi connectivity index (χ2v) is 12.2. The maximum Gasteiger partial charge on any atom is 0.326 e. The Morgan fingerprint density at radius 3 is 2.39 bits per heavy atom. The highest BCUT2D eigenvalue weighted by Gasteiger charge is 2.39. The highest BCUT2D eigenvalue weighted by atomic mass is 35.5. The van der Waals surface area contributed by atoms with E-state index in [4.69, 9.17) is 27.9 Å². The van der Waals surface area contributed by atoms with E-state index in [-0.39, 0.29) is 28.8 Å². The van der Waals surface area contributed by atoms with Crippen molar-refractivity contribution in [3.63, 3.8) is 0 Å². The quantitative estimate of drug-likeness (QED) is 0.289. The lowest BCUT2D eigenvalue weighted by atomic mass is 9.95. The predicted molar refractivity (Wildman–Crippen MR) is 172 cm³/mol.